The molecule has 1 aliphatic rings. The third kappa shape index (κ3) is 4.20. The summed E-state index contributed by atoms with van der Waals surface area (Å²) in [6.45, 7) is 1.17. The molecular weight excluding hydrogens is 524 g/mol. The van der Waals surface area contributed by atoms with Crippen LogP contribution in [0.2, 0.25) is 0 Å². The number of methoxy groups -OCH3 is 1. The molecule has 1 saturated carbocycles. The monoisotopic (exact) mass is 534 g/mol. The van der Waals surface area contributed by atoms with Gasteiger partial charge in [0.05, 0.1) is 22.2 Å². The van der Waals surface area contributed by atoms with Gasteiger partial charge in [0.15, 0.2) is 0 Å². The number of halogens is 4. The molecule has 0 amide bonds. The van der Waals surface area contributed by atoms with Gasteiger partial charge in [-0.3, -0.25) is 0 Å². The maximum absolute atomic E-state index is 6.07. The number of alkyl halides is 1. The van der Waals surface area contributed by atoms with Crippen LogP contribution >= 0.6 is 63.7 Å². The van der Waals surface area contributed by atoms with Gasteiger partial charge in [0.2, 0.25) is 0 Å². The topological polar surface area (TPSA) is 27.7 Å². The van der Waals surface area contributed by atoms with Crippen molar-refractivity contribution in [1.82, 2.24) is 0 Å². The fourth-order valence-corrected chi connectivity index (χ4v) is 5.22. The molecule has 0 radical (unpaired) electrons. The van der Waals surface area contributed by atoms with E-state index in [1.807, 2.05) is 12.1 Å². The highest BCUT2D eigenvalue weighted by Gasteiger charge is 2.42. The van der Waals surface area contributed by atoms with Crippen molar-refractivity contribution in [3.63, 3.8) is 0 Å². The van der Waals surface area contributed by atoms with Crippen LogP contribution in [0.25, 0.3) is 0 Å². The number of benzene rings is 1. The molecule has 0 saturated heterocycles. The van der Waals surface area contributed by atoms with Gasteiger partial charge in [0.25, 0.3) is 0 Å². The maximum atomic E-state index is 6.07. The normalized spacial score (nSPS) is 25.4. The minimum absolute atomic E-state index is 0.0463. The molecule has 1 aromatic carbocycles. The molecule has 3 nitrogen and oxygen atoms in total. The quantitative estimate of drug-likeness (QED) is 0.381. The molecular formula is C13H14Br4O3. The Morgan fingerprint density at radius 2 is 1.80 bits per heavy atom. The average Bonchev–Trinajstić information content (AvgIpc) is 2.37. The smallest absolute Gasteiger partial charge is 0.148 e. The van der Waals surface area contributed by atoms with Crippen molar-refractivity contribution in [3.05, 3.63) is 25.6 Å². The van der Waals surface area contributed by atoms with Crippen molar-refractivity contribution >= 4 is 63.7 Å². The largest absolute Gasteiger partial charge is 0.485 e. The lowest BCUT2D eigenvalue weighted by Crippen LogP contribution is -2.52. The standard InChI is InChI=1S/C13H14Br4O3/c1-18-2-3-19-13-10(17)6-11(13)20-12-8(15)4-7(14)5-9(12)16/h4-5,10-11,13H,2-3,6H2,1H3. The number of hydrogen-bond acceptors (Lipinski definition) is 3. The SMILES string of the molecule is COCCOC1C(Br)CC1Oc1c(Br)cc(Br)cc1Br. The predicted octanol–water partition coefficient (Wildman–Crippen LogP) is 4.92. The van der Waals surface area contributed by atoms with Crippen LogP contribution in [0.1, 0.15) is 6.42 Å². The first-order valence-corrected chi connectivity index (χ1v) is 9.38. The highest BCUT2D eigenvalue weighted by atomic mass is 79.9. The maximum Gasteiger partial charge on any atom is 0.148 e. The van der Waals surface area contributed by atoms with Crippen LogP contribution in [0.5, 0.6) is 5.75 Å². The Balaban J connectivity index is 1.99. The van der Waals surface area contributed by atoms with E-state index in [1.54, 1.807) is 7.11 Å². The van der Waals surface area contributed by atoms with E-state index in [0.29, 0.717) is 18.0 Å². The van der Waals surface area contributed by atoms with Crippen molar-refractivity contribution in [2.75, 3.05) is 20.3 Å². The summed E-state index contributed by atoms with van der Waals surface area (Å²) in [6, 6.07) is 3.93. The number of rotatable bonds is 6. The minimum Gasteiger partial charge on any atom is -0.485 e. The summed E-state index contributed by atoms with van der Waals surface area (Å²) >= 11 is 14.1. The first-order chi connectivity index (χ1) is 9.52. The molecule has 0 spiro atoms. The van der Waals surface area contributed by atoms with E-state index < -0.39 is 0 Å². The summed E-state index contributed by atoms with van der Waals surface area (Å²) in [6.07, 6.45) is 1.02. The van der Waals surface area contributed by atoms with Crippen molar-refractivity contribution in [2.24, 2.45) is 0 Å². The zero-order valence-electron chi connectivity index (χ0n) is 10.7. The second-order valence-electron chi connectivity index (χ2n) is 4.43. The molecule has 1 aromatic rings. The summed E-state index contributed by atoms with van der Waals surface area (Å²) < 4.78 is 19.7. The molecule has 0 heterocycles. The lowest BCUT2D eigenvalue weighted by atomic mass is 9.91. The fraction of sp³-hybridized carbons (Fsp3) is 0.538. The van der Waals surface area contributed by atoms with E-state index in [0.717, 1.165) is 25.6 Å². The van der Waals surface area contributed by atoms with E-state index in [-0.39, 0.29) is 12.2 Å². The summed E-state index contributed by atoms with van der Waals surface area (Å²) in [7, 11) is 1.67. The van der Waals surface area contributed by atoms with Crippen LogP contribution in [0.3, 0.4) is 0 Å². The Kier molecular flexibility index (Phi) is 6.82. The Bertz CT molecular complexity index is 446. The minimum atomic E-state index is 0.0463. The molecule has 0 bridgehead atoms. The highest BCUT2D eigenvalue weighted by Crippen LogP contribution is 2.41. The molecule has 2 rings (SSSR count). The molecule has 0 N–H and O–H groups in total. The van der Waals surface area contributed by atoms with Crippen LogP contribution < -0.4 is 4.74 Å². The van der Waals surface area contributed by atoms with Gasteiger partial charge in [-0.2, -0.15) is 0 Å². The van der Waals surface area contributed by atoms with Crippen molar-refractivity contribution in [2.45, 2.75) is 23.5 Å². The van der Waals surface area contributed by atoms with Crippen LogP contribution in [0.4, 0.5) is 0 Å². The molecule has 1 aliphatic carbocycles. The fourth-order valence-electron chi connectivity index (χ4n) is 1.91. The van der Waals surface area contributed by atoms with E-state index in [9.17, 15) is 0 Å². The molecule has 3 atom stereocenters. The molecule has 0 aromatic heterocycles. The van der Waals surface area contributed by atoms with Gasteiger partial charge in [-0.25, -0.2) is 0 Å². The molecule has 3 unspecified atom stereocenters. The molecule has 7 heteroatoms. The summed E-state index contributed by atoms with van der Waals surface area (Å²) in [5.74, 6) is 0.804. The molecule has 0 aliphatic heterocycles. The Labute approximate surface area is 152 Å². The number of ether oxygens (including phenoxy) is 3. The third-order valence-corrected chi connectivity index (χ3v) is 5.54. The van der Waals surface area contributed by atoms with E-state index in [4.69, 9.17) is 14.2 Å². The van der Waals surface area contributed by atoms with Gasteiger partial charge >= 0.3 is 0 Å². The Hall–Kier alpha value is 0.860. The predicted molar refractivity (Wildman–Crippen MR) is 92.9 cm³/mol. The van der Waals surface area contributed by atoms with Crippen LogP contribution in [-0.2, 0) is 9.47 Å². The van der Waals surface area contributed by atoms with E-state index >= 15 is 0 Å². The highest BCUT2D eigenvalue weighted by molar-refractivity contribution is 9.11. The van der Waals surface area contributed by atoms with Crippen LogP contribution in [-0.4, -0.2) is 37.4 Å². The number of hydrogen-bond donors (Lipinski definition) is 0. The Morgan fingerprint density at radius 3 is 2.35 bits per heavy atom. The van der Waals surface area contributed by atoms with E-state index in [2.05, 4.69) is 63.7 Å². The van der Waals surface area contributed by atoms with Crippen molar-refractivity contribution in [3.8, 4) is 5.75 Å². The van der Waals surface area contributed by atoms with Gasteiger partial charge in [0.1, 0.15) is 18.0 Å². The second-order valence-corrected chi connectivity index (χ2v) is 8.24. The first-order valence-electron chi connectivity index (χ1n) is 6.08. The van der Waals surface area contributed by atoms with Gasteiger partial charge in [0, 0.05) is 22.8 Å². The van der Waals surface area contributed by atoms with E-state index in [1.165, 1.54) is 0 Å². The molecule has 112 valence electrons. The van der Waals surface area contributed by atoms with Crippen molar-refractivity contribution < 1.29 is 14.2 Å². The summed E-state index contributed by atoms with van der Waals surface area (Å²) in [4.78, 5) is 0.331. The van der Waals surface area contributed by atoms with Crippen LogP contribution in [0.15, 0.2) is 25.6 Å². The zero-order valence-corrected chi connectivity index (χ0v) is 17.1. The lowest BCUT2D eigenvalue weighted by molar-refractivity contribution is -0.0869. The van der Waals surface area contributed by atoms with Gasteiger partial charge in [-0.15, -0.1) is 0 Å². The third-order valence-electron chi connectivity index (χ3n) is 3.01. The second kappa shape index (κ2) is 7.92. The first kappa shape index (κ1) is 17.2. The lowest BCUT2D eigenvalue weighted by Gasteiger charge is -2.41. The van der Waals surface area contributed by atoms with Gasteiger partial charge in [-0.05, 0) is 44.0 Å². The molecule has 20 heavy (non-hydrogen) atoms. The Morgan fingerprint density at radius 1 is 1.15 bits per heavy atom. The van der Waals surface area contributed by atoms with Gasteiger partial charge in [-0.1, -0.05) is 31.9 Å². The van der Waals surface area contributed by atoms with Crippen LogP contribution in [0, 0.1) is 0 Å². The average molecular weight is 538 g/mol. The zero-order chi connectivity index (χ0) is 14.7. The van der Waals surface area contributed by atoms with Gasteiger partial charge < -0.3 is 14.2 Å². The summed E-state index contributed by atoms with van der Waals surface area (Å²) in [5.41, 5.74) is 0. The van der Waals surface area contributed by atoms with Crippen molar-refractivity contribution in [1.29, 1.82) is 0 Å². The summed E-state index contributed by atoms with van der Waals surface area (Å²) in [5, 5.41) is 0. The molecule has 1 fully saturated rings.